The third kappa shape index (κ3) is 4.87. The van der Waals surface area contributed by atoms with E-state index in [0.29, 0.717) is 28.7 Å². The molecule has 20 heavy (non-hydrogen) atoms. The number of carbonyl (C=O) groups excluding carboxylic acids is 1. The molecule has 0 heterocycles. The first-order valence-corrected chi connectivity index (χ1v) is 7.61. The summed E-state index contributed by atoms with van der Waals surface area (Å²) in [5.41, 5.74) is 0.325. The van der Waals surface area contributed by atoms with Gasteiger partial charge in [-0.15, -0.1) is 0 Å². The Bertz CT molecular complexity index is 455. The van der Waals surface area contributed by atoms with Crippen LogP contribution in [-0.2, 0) is 0 Å². The van der Waals surface area contributed by atoms with Crippen LogP contribution in [0.1, 0.15) is 38.1 Å². The van der Waals surface area contributed by atoms with Crippen molar-refractivity contribution in [3.63, 3.8) is 0 Å². The molecular formula is C15H22BrFN2O. The van der Waals surface area contributed by atoms with Crippen molar-refractivity contribution < 1.29 is 9.18 Å². The van der Waals surface area contributed by atoms with E-state index in [1.54, 1.807) is 6.07 Å². The van der Waals surface area contributed by atoms with E-state index < -0.39 is 5.82 Å². The molecule has 1 N–H and O–H groups in total. The van der Waals surface area contributed by atoms with Gasteiger partial charge in [0, 0.05) is 29.6 Å². The molecule has 0 unspecified atom stereocenters. The molecule has 0 atom stereocenters. The van der Waals surface area contributed by atoms with Crippen LogP contribution in [0.4, 0.5) is 4.39 Å². The molecule has 0 spiro atoms. The highest BCUT2D eigenvalue weighted by atomic mass is 79.9. The van der Waals surface area contributed by atoms with Gasteiger partial charge < -0.3 is 5.32 Å². The van der Waals surface area contributed by atoms with E-state index in [2.05, 4.69) is 53.8 Å². The predicted octanol–water partition coefficient (Wildman–Crippen LogP) is 3.44. The molecule has 1 amide bonds. The number of nitrogens with zero attached hydrogens (tertiary/aromatic N) is 1. The summed E-state index contributed by atoms with van der Waals surface area (Å²) in [7, 11) is 0. The standard InChI is InChI=1S/C15H22BrFN2O/c1-10(2)19(11(3)4)8-7-18-15(20)13-9-12(17)5-6-14(13)16/h5-6,9-11H,7-8H2,1-4H3,(H,18,20). The minimum Gasteiger partial charge on any atom is -0.351 e. The maximum absolute atomic E-state index is 13.2. The van der Waals surface area contributed by atoms with Crippen molar-refractivity contribution in [2.24, 2.45) is 0 Å². The third-order valence-electron chi connectivity index (χ3n) is 3.16. The number of nitrogens with one attached hydrogen (secondary N) is 1. The van der Waals surface area contributed by atoms with Gasteiger partial charge in [0.15, 0.2) is 0 Å². The van der Waals surface area contributed by atoms with Crippen molar-refractivity contribution in [1.82, 2.24) is 10.2 Å². The molecule has 5 heteroatoms. The summed E-state index contributed by atoms with van der Waals surface area (Å²) in [6.45, 7) is 9.83. The first kappa shape index (κ1) is 17.1. The Balaban J connectivity index is 2.57. The van der Waals surface area contributed by atoms with Gasteiger partial charge in [-0.25, -0.2) is 4.39 Å². The molecule has 3 nitrogen and oxygen atoms in total. The Morgan fingerprint density at radius 2 is 1.90 bits per heavy atom. The van der Waals surface area contributed by atoms with E-state index in [4.69, 9.17) is 0 Å². The predicted molar refractivity (Wildman–Crippen MR) is 83.4 cm³/mol. The third-order valence-corrected chi connectivity index (χ3v) is 3.85. The van der Waals surface area contributed by atoms with Gasteiger partial charge in [-0.2, -0.15) is 0 Å². The van der Waals surface area contributed by atoms with Crippen LogP contribution in [-0.4, -0.2) is 36.0 Å². The smallest absolute Gasteiger partial charge is 0.252 e. The molecule has 112 valence electrons. The van der Waals surface area contributed by atoms with Crippen molar-refractivity contribution in [3.8, 4) is 0 Å². The van der Waals surface area contributed by atoms with Crippen LogP contribution >= 0.6 is 15.9 Å². The minimum absolute atomic E-state index is 0.260. The largest absolute Gasteiger partial charge is 0.351 e. The molecule has 1 aromatic rings. The zero-order valence-corrected chi connectivity index (χ0v) is 14.0. The second-order valence-corrected chi connectivity index (χ2v) is 6.16. The molecule has 0 aliphatic carbocycles. The Kier molecular flexibility index (Phi) is 6.62. The highest BCUT2D eigenvalue weighted by Gasteiger charge is 2.14. The van der Waals surface area contributed by atoms with Gasteiger partial charge in [0.2, 0.25) is 0 Å². The lowest BCUT2D eigenvalue weighted by Crippen LogP contribution is -2.42. The number of amides is 1. The number of hydrogen-bond acceptors (Lipinski definition) is 2. The normalized spacial score (nSPS) is 11.4. The van der Waals surface area contributed by atoms with Crippen LogP contribution < -0.4 is 5.32 Å². The van der Waals surface area contributed by atoms with Gasteiger partial charge >= 0.3 is 0 Å². The van der Waals surface area contributed by atoms with Gasteiger partial charge in [-0.1, -0.05) is 0 Å². The lowest BCUT2D eigenvalue weighted by molar-refractivity contribution is 0.0938. The van der Waals surface area contributed by atoms with Crippen molar-refractivity contribution in [2.75, 3.05) is 13.1 Å². The SMILES string of the molecule is CC(C)N(CCNC(=O)c1cc(F)ccc1Br)C(C)C. The monoisotopic (exact) mass is 344 g/mol. The van der Waals surface area contributed by atoms with E-state index in [-0.39, 0.29) is 5.91 Å². The Morgan fingerprint density at radius 3 is 2.45 bits per heavy atom. The number of carbonyl (C=O) groups is 1. The molecular weight excluding hydrogens is 323 g/mol. The molecule has 0 aliphatic heterocycles. The molecule has 0 radical (unpaired) electrons. The van der Waals surface area contributed by atoms with Crippen molar-refractivity contribution >= 4 is 21.8 Å². The van der Waals surface area contributed by atoms with Crippen molar-refractivity contribution in [3.05, 3.63) is 34.1 Å². The summed E-state index contributed by atoms with van der Waals surface area (Å²) in [6.07, 6.45) is 0. The van der Waals surface area contributed by atoms with Crippen LogP contribution in [0.5, 0.6) is 0 Å². The Morgan fingerprint density at radius 1 is 1.30 bits per heavy atom. The molecule has 0 fully saturated rings. The fraction of sp³-hybridized carbons (Fsp3) is 0.533. The second-order valence-electron chi connectivity index (χ2n) is 5.31. The van der Waals surface area contributed by atoms with Crippen LogP contribution in [0, 0.1) is 5.82 Å². The molecule has 1 rings (SSSR count). The summed E-state index contributed by atoms with van der Waals surface area (Å²) in [5, 5.41) is 2.83. The summed E-state index contributed by atoms with van der Waals surface area (Å²) in [6, 6.07) is 4.95. The Labute approximate surface area is 128 Å². The molecule has 0 aliphatic rings. The molecule has 0 bridgehead atoms. The zero-order chi connectivity index (χ0) is 15.3. The first-order valence-electron chi connectivity index (χ1n) is 6.82. The molecule has 0 aromatic heterocycles. The summed E-state index contributed by atoms with van der Waals surface area (Å²) < 4.78 is 13.8. The summed E-state index contributed by atoms with van der Waals surface area (Å²) in [4.78, 5) is 14.3. The van der Waals surface area contributed by atoms with Gasteiger partial charge in [0.05, 0.1) is 5.56 Å². The molecule has 0 saturated carbocycles. The topological polar surface area (TPSA) is 32.3 Å². The lowest BCUT2D eigenvalue weighted by Gasteiger charge is -2.30. The van der Waals surface area contributed by atoms with Gasteiger partial charge in [-0.3, -0.25) is 9.69 Å². The number of rotatable bonds is 6. The average molecular weight is 345 g/mol. The van der Waals surface area contributed by atoms with Gasteiger partial charge in [-0.05, 0) is 61.8 Å². The number of hydrogen-bond donors (Lipinski definition) is 1. The average Bonchev–Trinajstić information content (AvgIpc) is 2.36. The van der Waals surface area contributed by atoms with Gasteiger partial charge in [0.1, 0.15) is 5.82 Å². The van der Waals surface area contributed by atoms with Crippen molar-refractivity contribution in [2.45, 2.75) is 39.8 Å². The number of benzene rings is 1. The van der Waals surface area contributed by atoms with Crippen LogP contribution in [0.25, 0.3) is 0 Å². The van der Waals surface area contributed by atoms with E-state index >= 15 is 0 Å². The summed E-state index contributed by atoms with van der Waals surface area (Å²) >= 11 is 3.26. The van der Waals surface area contributed by atoms with E-state index in [9.17, 15) is 9.18 Å². The van der Waals surface area contributed by atoms with E-state index in [1.165, 1.54) is 12.1 Å². The van der Waals surface area contributed by atoms with Crippen LogP contribution in [0.2, 0.25) is 0 Å². The second kappa shape index (κ2) is 7.74. The molecule has 1 aromatic carbocycles. The zero-order valence-electron chi connectivity index (χ0n) is 12.4. The fourth-order valence-corrected chi connectivity index (χ4v) is 2.60. The highest BCUT2D eigenvalue weighted by Crippen LogP contribution is 2.17. The maximum atomic E-state index is 13.2. The first-order chi connectivity index (χ1) is 9.32. The maximum Gasteiger partial charge on any atom is 0.252 e. The van der Waals surface area contributed by atoms with E-state index in [0.717, 1.165) is 6.54 Å². The summed E-state index contributed by atoms with van der Waals surface area (Å²) in [5.74, 6) is -0.673. The van der Waals surface area contributed by atoms with Crippen molar-refractivity contribution in [1.29, 1.82) is 0 Å². The van der Waals surface area contributed by atoms with Gasteiger partial charge in [0.25, 0.3) is 5.91 Å². The van der Waals surface area contributed by atoms with E-state index in [1.807, 2.05) is 0 Å². The quantitative estimate of drug-likeness (QED) is 0.857. The fourth-order valence-electron chi connectivity index (χ4n) is 2.18. The van der Waals surface area contributed by atoms with Crippen LogP contribution in [0.15, 0.2) is 22.7 Å². The molecule has 0 saturated heterocycles. The highest BCUT2D eigenvalue weighted by molar-refractivity contribution is 9.10. The number of halogens is 2. The lowest BCUT2D eigenvalue weighted by atomic mass is 10.2. The minimum atomic E-state index is -0.413. The van der Waals surface area contributed by atoms with Crippen LogP contribution in [0.3, 0.4) is 0 Å². The Hall–Kier alpha value is -0.940.